The number of rotatable bonds is 3. The van der Waals surface area contributed by atoms with Crippen LogP contribution in [0.1, 0.15) is 38.5 Å². The Morgan fingerprint density at radius 1 is 1.35 bits per heavy atom. The first-order valence-corrected chi connectivity index (χ1v) is 6.50. The quantitative estimate of drug-likeness (QED) is 0.752. The molecule has 1 aliphatic rings. The van der Waals surface area contributed by atoms with Gasteiger partial charge in [0.1, 0.15) is 6.54 Å². The van der Waals surface area contributed by atoms with Gasteiger partial charge in [-0.15, -0.1) is 0 Å². The summed E-state index contributed by atoms with van der Waals surface area (Å²) < 4.78 is 1.69. The number of likely N-dealkylation sites (N-methyl/N-ethyl adjacent to an activating group) is 1. The Morgan fingerprint density at radius 2 is 2.06 bits per heavy atom. The molecule has 17 heavy (non-hydrogen) atoms. The zero-order chi connectivity index (χ0) is 12.1. The van der Waals surface area contributed by atoms with Gasteiger partial charge in [0.25, 0.3) is 0 Å². The van der Waals surface area contributed by atoms with E-state index in [-0.39, 0.29) is 5.91 Å². The minimum atomic E-state index is 0.167. The minimum absolute atomic E-state index is 0.167. The third-order valence-corrected chi connectivity index (χ3v) is 3.62. The van der Waals surface area contributed by atoms with Crippen LogP contribution in [0.3, 0.4) is 0 Å². The van der Waals surface area contributed by atoms with Crippen LogP contribution in [0, 0.1) is 0 Å². The molecule has 1 aromatic rings. The van der Waals surface area contributed by atoms with Gasteiger partial charge in [-0.1, -0.05) is 25.7 Å². The third kappa shape index (κ3) is 3.32. The highest BCUT2D eigenvalue weighted by molar-refractivity contribution is 5.75. The summed E-state index contributed by atoms with van der Waals surface area (Å²) in [4.78, 5) is 14.0. The molecule has 0 unspecified atom stereocenters. The van der Waals surface area contributed by atoms with Crippen LogP contribution in [-0.4, -0.2) is 33.7 Å². The van der Waals surface area contributed by atoms with Gasteiger partial charge in [0.05, 0.1) is 0 Å². The molecule has 0 atom stereocenters. The number of amides is 1. The van der Waals surface area contributed by atoms with Gasteiger partial charge in [0.2, 0.25) is 5.91 Å². The zero-order valence-electron chi connectivity index (χ0n) is 10.5. The largest absolute Gasteiger partial charge is 0.341 e. The minimum Gasteiger partial charge on any atom is -0.341 e. The summed E-state index contributed by atoms with van der Waals surface area (Å²) in [6.07, 6.45) is 11.0. The van der Waals surface area contributed by atoms with Crippen LogP contribution in [0.15, 0.2) is 18.5 Å². The molecule has 0 N–H and O–H groups in total. The maximum Gasteiger partial charge on any atom is 0.244 e. The molecule has 1 aliphatic carbocycles. The maximum atomic E-state index is 12.1. The summed E-state index contributed by atoms with van der Waals surface area (Å²) >= 11 is 0. The average Bonchev–Trinajstić information content (AvgIpc) is 2.68. The number of carbonyl (C=O) groups is 1. The Hall–Kier alpha value is -1.32. The molecule has 0 aromatic carbocycles. The van der Waals surface area contributed by atoms with Crippen molar-refractivity contribution in [1.29, 1.82) is 0 Å². The Morgan fingerprint density at radius 3 is 2.65 bits per heavy atom. The second-order valence-electron chi connectivity index (χ2n) is 4.85. The van der Waals surface area contributed by atoms with Crippen LogP contribution in [0.4, 0.5) is 0 Å². The molecule has 0 radical (unpaired) electrons. The van der Waals surface area contributed by atoms with Gasteiger partial charge in [0, 0.05) is 25.5 Å². The molecular weight excluding hydrogens is 214 g/mol. The van der Waals surface area contributed by atoms with Gasteiger partial charge >= 0.3 is 0 Å². The highest BCUT2D eigenvalue weighted by atomic mass is 16.2. The second kappa shape index (κ2) is 5.84. The molecule has 2 rings (SSSR count). The Labute approximate surface area is 103 Å². The van der Waals surface area contributed by atoms with Gasteiger partial charge in [-0.05, 0) is 18.9 Å². The van der Waals surface area contributed by atoms with Crippen molar-refractivity contribution >= 4 is 5.91 Å². The molecule has 0 spiro atoms. The molecule has 1 amide bonds. The first kappa shape index (κ1) is 12.1. The van der Waals surface area contributed by atoms with Crippen molar-refractivity contribution in [3.63, 3.8) is 0 Å². The highest BCUT2D eigenvalue weighted by Gasteiger charge is 2.21. The van der Waals surface area contributed by atoms with Crippen LogP contribution in [0.25, 0.3) is 0 Å². The molecule has 94 valence electrons. The molecule has 4 nitrogen and oxygen atoms in total. The second-order valence-corrected chi connectivity index (χ2v) is 4.85. The van der Waals surface area contributed by atoms with Crippen molar-refractivity contribution in [2.24, 2.45) is 0 Å². The molecule has 4 heteroatoms. The van der Waals surface area contributed by atoms with Crippen LogP contribution in [0.5, 0.6) is 0 Å². The fourth-order valence-electron chi connectivity index (χ4n) is 2.49. The molecule has 1 heterocycles. The van der Waals surface area contributed by atoms with Crippen molar-refractivity contribution in [2.45, 2.75) is 51.1 Å². The molecular formula is C13H21N3O. The van der Waals surface area contributed by atoms with E-state index < -0.39 is 0 Å². The monoisotopic (exact) mass is 235 g/mol. The van der Waals surface area contributed by atoms with Crippen molar-refractivity contribution < 1.29 is 4.79 Å². The fraction of sp³-hybridized carbons (Fsp3) is 0.692. The summed E-state index contributed by atoms with van der Waals surface area (Å²) in [6.45, 7) is 0.361. The number of hydrogen-bond acceptors (Lipinski definition) is 2. The van der Waals surface area contributed by atoms with E-state index in [0.717, 1.165) is 12.8 Å². The number of aromatic nitrogens is 2. The van der Waals surface area contributed by atoms with E-state index in [1.807, 2.05) is 24.2 Å². The first-order valence-electron chi connectivity index (χ1n) is 6.50. The van der Waals surface area contributed by atoms with Crippen LogP contribution >= 0.6 is 0 Å². The molecule has 1 saturated carbocycles. The fourth-order valence-corrected chi connectivity index (χ4v) is 2.49. The van der Waals surface area contributed by atoms with E-state index in [0.29, 0.717) is 12.6 Å². The van der Waals surface area contributed by atoms with Crippen LogP contribution < -0.4 is 0 Å². The topological polar surface area (TPSA) is 38.1 Å². The van der Waals surface area contributed by atoms with Gasteiger partial charge < -0.3 is 4.90 Å². The zero-order valence-corrected chi connectivity index (χ0v) is 10.5. The molecule has 1 fully saturated rings. The van der Waals surface area contributed by atoms with Crippen molar-refractivity contribution in [3.8, 4) is 0 Å². The lowest BCUT2D eigenvalue weighted by Crippen LogP contribution is -2.38. The number of nitrogens with zero attached hydrogens (tertiary/aromatic N) is 3. The first-order chi connectivity index (χ1) is 8.27. The normalized spacial score (nSPS) is 17.7. The summed E-state index contributed by atoms with van der Waals surface area (Å²) in [6, 6.07) is 2.28. The van der Waals surface area contributed by atoms with Crippen molar-refractivity contribution in [2.75, 3.05) is 7.05 Å². The summed E-state index contributed by atoms with van der Waals surface area (Å²) in [5.41, 5.74) is 0. The summed E-state index contributed by atoms with van der Waals surface area (Å²) in [7, 11) is 1.93. The Bertz CT molecular complexity index is 340. The SMILES string of the molecule is CN(C(=O)Cn1cccn1)C1CCCCCC1. The smallest absolute Gasteiger partial charge is 0.244 e. The number of carbonyl (C=O) groups excluding carboxylic acids is 1. The van der Waals surface area contributed by atoms with Gasteiger partial charge in [-0.3, -0.25) is 9.48 Å². The van der Waals surface area contributed by atoms with Gasteiger partial charge in [-0.25, -0.2) is 0 Å². The summed E-state index contributed by atoms with van der Waals surface area (Å²) in [5.74, 6) is 0.167. The highest BCUT2D eigenvalue weighted by Crippen LogP contribution is 2.21. The lowest BCUT2D eigenvalue weighted by atomic mass is 10.1. The molecule has 0 saturated heterocycles. The van der Waals surface area contributed by atoms with Crippen LogP contribution in [0.2, 0.25) is 0 Å². The molecule has 0 aliphatic heterocycles. The maximum absolute atomic E-state index is 12.1. The third-order valence-electron chi connectivity index (χ3n) is 3.62. The van der Waals surface area contributed by atoms with E-state index in [2.05, 4.69) is 5.10 Å². The Balaban J connectivity index is 1.89. The lowest BCUT2D eigenvalue weighted by Gasteiger charge is -2.27. The van der Waals surface area contributed by atoms with Crippen LogP contribution in [-0.2, 0) is 11.3 Å². The standard InChI is InChI=1S/C13H21N3O/c1-15(12-7-4-2-3-5-8-12)13(17)11-16-10-6-9-14-16/h6,9-10,12H,2-5,7-8,11H2,1H3. The predicted molar refractivity (Wildman–Crippen MR) is 66.5 cm³/mol. The predicted octanol–water partition coefficient (Wildman–Crippen LogP) is 2.06. The number of hydrogen-bond donors (Lipinski definition) is 0. The van der Waals surface area contributed by atoms with E-state index in [9.17, 15) is 4.79 Å². The van der Waals surface area contributed by atoms with Gasteiger partial charge in [0.15, 0.2) is 0 Å². The average molecular weight is 235 g/mol. The molecule has 1 aromatic heterocycles. The Kier molecular flexibility index (Phi) is 4.18. The van der Waals surface area contributed by atoms with E-state index >= 15 is 0 Å². The van der Waals surface area contributed by atoms with Crippen molar-refractivity contribution in [1.82, 2.24) is 14.7 Å². The van der Waals surface area contributed by atoms with E-state index in [1.54, 1.807) is 10.9 Å². The van der Waals surface area contributed by atoms with Crippen molar-refractivity contribution in [3.05, 3.63) is 18.5 Å². The van der Waals surface area contributed by atoms with Gasteiger partial charge in [-0.2, -0.15) is 5.10 Å². The summed E-state index contributed by atoms with van der Waals surface area (Å²) in [5, 5.41) is 4.07. The lowest BCUT2D eigenvalue weighted by molar-refractivity contribution is -0.133. The van der Waals surface area contributed by atoms with E-state index in [4.69, 9.17) is 0 Å². The van der Waals surface area contributed by atoms with E-state index in [1.165, 1.54) is 25.7 Å². The molecule has 0 bridgehead atoms.